The zero-order valence-electron chi connectivity index (χ0n) is 10.3. The lowest BCUT2D eigenvalue weighted by Gasteiger charge is -2.11. The number of halogens is 1. The zero-order valence-corrected chi connectivity index (χ0v) is 11.9. The molecule has 19 heavy (non-hydrogen) atoms. The number of carboxylic acid groups (broad SMARTS) is 1. The second kappa shape index (κ2) is 7.10. The number of carboxylic acids is 1. The van der Waals surface area contributed by atoms with E-state index in [0.717, 1.165) is 10.0 Å². The molecule has 1 aromatic carbocycles. The highest BCUT2D eigenvalue weighted by molar-refractivity contribution is 9.10. The number of aliphatic hydroxyl groups is 1. The van der Waals surface area contributed by atoms with Gasteiger partial charge < -0.3 is 20.8 Å². The van der Waals surface area contributed by atoms with E-state index < -0.39 is 18.1 Å². The number of rotatable bonds is 5. The predicted octanol–water partition coefficient (Wildman–Crippen LogP) is 1.71. The highest BCUT2D eigenvalue weighted by Crippen LogP contribution is 2.19. The summed E-state index contributed by atoms with van der Waals surface area (Å²) in [4.78, 5) is 21.9. The minimum atomic E-state index is -1.46. The molecule has 0 aliphatic carbocycles. The first-order valence-electron chi connectivity index (χ1n) is 5.62. The Balaban J connectivity index is 2.41. The van der Waals surface area contributed by atoms with Crippen LogP contribution in [-0.2, 0) is 4.79 Å². The molecule has 104 valence electrons. The molecule has 0 saturated heterocycles. The topological polar surface area (TPSA) is 98.7 Å². The van der Waals surface area contributed by atoms with E-state index in [1.807, 2.05) is 13.0 Å². The van der Waals surface area contributed by atoms with Crippen LogP contribution < -0.4 is 10.6 Å². The van der Waals surface area contributed by atoms with Gasteiger partial charge >= 0.3 is 12.0 Å². The molecule has 7 heteroatoms. The first-order chi connectivity index (χ1) is 8.90. The van der Waals surface area contributed by atoms with E-state index in [9.17, 15) is 9.59 Å². The summed E-state index contributed by atoms with van der Waals surface area (Å²) < 4.78 is 0.917. The molecule has 0 aliphatic rings. The number of benzene rings is 1. The standard InChI is InChI=1S/C12H15BrN2O4/c1-7-6-8(13)2-3-9(7)15-12(19)14-5-4-10(16)11(17)18/h2-3,6,10,16H,4-5H2,1H3,(H,17,18)(H2,14,15,19). The lowest BCUT2D eigenvalue weighted by molar-refractivity contribution is -0.146. The fraction of sp³-hybridized carbons (Fsp3) is 0.333. The van der Waals surface area contributed by atoms with Crippen LogP contribution in [0, 0.1) is 6.92 Å². The summed E-state index contributed by atoms with van der Waals surface area (Å²) in [6, 6.07) is 4.98. The second-order valence-corrected chi connectivity index (χ2v) is 4.90. The summed E-state index contributed by atoms with van der Waals surface area (Å²) in [7, 11) is 0. The Morgan fingerprint density at radius 3 is 2.68 bits per heavy atom. The smallest absolute Gasteiger partial charge is 0.332 e. The molecule has 2 amide bonds. The Hall–Kier alpha value is -1.60. The van der Waals surface area contributed by atoms with Gasteiger partial charge in [0.15, 0.2) is 6.10 Å². The SMILES string of the molecule is Cc1cc(Br)ccc1NC(=O)NCCC(O)C(=O)O. The van der Waals surface area contributed by atoms with E-state index in [1.54, 1.807) is 12.1 Å². The third-order valence-electron chi connectivity index (χ3n) is 2.43. The van der Waals surface area contributed by atoms with Crippen molar-refractivity contribution < 1.29 is 19.8 Å². The van der Waals surface area contributed by atoms with Crippen molar-refractivity contribution in [1.29, 1.82) is 0 Å². The van der Waals surface area contributed by atoms with Crippen molar-refractivity contribution in [3.8, 4) is 0 Å². The van der Waals surface area contributed by atoms with E-state index in [1.165, 1.54) is 0 Å². The molecule has 0 fully saturated rings. The van der Waals surface area contributed by atoms with Gasteiger partial charge in [-0.3, -0.25) is 0 Å². The summed E-state index contributed by atoms with van der Waals surface area (Å²) in [6.45, 7) is 1.93. The molecule has 0 saturated carbocycles. The third kappa shape index (κ3) is 5.27. The summed E-state index contributed by atoms with van der Waals surface area (Å²) in [5, 5.41) is 22.6. The van der Waals surface area contributed by atoms with Crippen LogP contribution in [0.3, 0.4) is 0 Å². The van der Waals surface area contributed by atoms with Crippen molar-refractivity contribution in [2.24, 2.45) is 0 Å². The van der Waals surface area contributed by atoms with Gasteiger partial charge in [-0.1, -0.05) is 15.9 Å². The summed E-state index contributed by atoms with van der Waals surface area (Å²) in [5.41, 5.74) is 1.56. The number of aryl methyl sites for hydroxylation is 1. The average molecular weight is 331 g/mol. The monoisotopic (exact) mass is 330 g/mol. The van der Waals surface area contributed by atoms with Crippen LogP contribution in [0.2, 0.25) is 0 Å². The first-order valence-corrected chi connectivity index (χ1v) is 6.41. The van der Waals surface area contributed by atoms with Gasteiger partial charge in [-0.05, 0) is 30.7 Å². The Bertz CT molecular complexity index is 479. The molecule has 0 aromatic heterocycles. The molecule has 1 unspecified atom stereocenters. The number of nitrogens with one attached hydrogen (secondary N) is 2. The molecular weight excluding hydrogens is 316 g/mol. The van der Waals surface area contributed by atoms with Crippen molar-refractivity contribution in [3.63, 3.8) is 0 Å². The second-order valence-electron chi connectivity index (χ2n) is 3.98. The van der Waals surface area contributed by atoms with Crippen LogP contribution in [-0.4, -0.2) is 34.9 Å². The number of carbonyl (C=O) groups is 2. The molecule has 0 aliphatic heterocycles. The highest BCUT2D eigenvalue weighted by atomic mass is 79.9. The number of amides is 2. The Morgan fingerprint density at radius 2 is 2.11 bits per heavy atom. The van der Waals surface area contributed by atoms with Gasteiger partial charge in [0.25, 0.3) is 0 Å². The Kier molecular flexibility index (Phi) is 5.78. The highest BCUT2D eigenvalue weighted by Gasteiger charge is 2.13. The minimum Gasteiger partial charge on any atom is -0.479 e. The molecule has 6 nitrogen and oxygen atoms in total. The van der Waals surface area contributed by atoms with Gasteiger partial charge in [0.1, 0.15) is 0 Å². The van der Waals surface area contributed by atoms with Crippen molar-refractivity contribution in [1.82, 2.24) is 5.32 Å². The lowest BCUT2D eigenvalue weighted by atomic mass is 10.2. The van der Waals surface area contributed by atoms with Crippen molar-refractivity contribution in [2.75, 3.05) is 11.9 Å². The number of carbonyl (C=O) groups excluding carboxylic acids is 1. The lowest BCUT2D eigenvalue weighted by Crippen LogP contribution is -2.33. The van der Waals surface area contributed by atoms with Gasteiger partial charge in [0.2, 0.25) is 0 Å². The van der Waals surface area contributed by atoms with Crippen molar-refractivity contribution in [3.05, 3.63) is 28.2 Å². The molecule has 1 atom stereocenters. The normalized spacial score (nSPS) is 11.7. The molecule has 0 radical (unpaired) electrons. The number of aliphatic hydroxyl groups excluding tert-OH is 1. The molecule has 1 aromatic rings. The predicted molar refractivity (Wildman–Crippen MR) is 74.2 cm³/mol. The van der Waals surface area contributed by atoms with E-state index in [4.69, 9.17) is 10.2 Å². The summed E-state index contributed by atoms with van der Waals surface area (Å²) in [6.07, 6.45) is -1.50. The van der Waals surface area contributed by atoms with E-state index in [0.29, 0.717) is 5.69 Å². The van der Waals surface area contributed by atoms with Gasteiger partial charge in [0, 0.05) is 23.1 Å². The van der Waals surface area contributed by atoms with Gasteiger partial charge in [-0.2, -0.15) is 0 Å². The molecule has 1 rings (SSSR count). The fourth-order valence-corrected chi connectivity index (χ4v) is 1.86. The van der Waals surface area contributed by atoms with Gasteiger partial charge in [-0.25, -0.2) is 9.59 Å². The molecule has 4 N–H and O–H groups in total. The molecular formula is C12H15BrN2O4. The molecule has 0 spiro atoms. The van der Waals surface area contributed by atoms with Crippen LogP contribution in [0.25, 0.3) is 0 Å². The number of hydrogen-bond donors (Lipinski definition) is 4. The first kappa shape index (κ1) is 15.5. The zero-order chi connectivity index (χ0) is 14.4. The summed E-state index contributed by atoms with van der Waals surface area (Å²) >= 11 is 3.32. The van der Waals surface area contributed by atoms with Gasteiger partial charge in [-0.15, -0.1) is 0 Å². The van der Waals surface area contributed by atoms with E-state index in [2.05, 4.69) is 26.6 Å². The van der Waals surface area contributed by atoms with Crippen molar-refractivity contribution in [2.45, 2.75) is 19.4 Å². The maximum atomic E-state index is 11.5. The quantitative estimate of drug-likeness (QED) is 0.660. The number of hydrogen-bond acceptors (Lipinski definition) is 3. The Labute approximate surface area is 118 Å². The Morgan fingerprint density at radius 1 is 1.42 bits per heavy atom. The van der Waals surface area contributed by atoms with Crippen LogP contribution in [0.1, 0.15) is 12.0 Å². The maximum absolute atomic E-state index is 11.5. The number of urea groups is 1. The van der Waals surface area contributed by atoms with Crippen LogP contribution in [0.5, 0.6) is 0 Å². The van der Waals surface area contributed by atoms with Crippen LogP contribution >= 0.6 is 15.9 Å². The fourth-order valence-electron chi connectivity index (χ4n) is 1.38. The van der Waals surface area contributed by atoms with E-state index >= 15 is 0 Å². The summed E-state index contributed by atoms with van der Waals surface area (Å²) in [5.74, 6) is -1.30. The third-order valence-corrected chi connectivity index (χ3v) is 2.92. The van der Waals surface area contributed by atoms with Crippen LogP contribution in [0.4, 0.5) is 10.5 Å². The minimum absolute atomic E-state index is 0.0396. The van der Waals surface area contributed by atoms with Crippen molar-refractivity contribution >= 4 is 33.6 Å². The van der Waals surface area contributed by atoms with E-state index in [-0.39, 0.29) is 13.0 Å². The number of anilines is 1. The maximum Gasteiger partial charge on any atom is 0.332 e. The van der Waals surface area contributed by atoms with Gasteiger partial charge in [0.05, 0.1) is 0 Å². The number of aliphatic carboxylic acids is 1. The average Bonchev–Trinajstić information content (AvgIpc) is 2.32. The molecule has 0 bridgehead atoms. The van der Waals surface area contributed by atoms with Crippen LogP contribution in [0.15, 0.2) is 22.7 Å². The largest absolute Gasteiger partial charge is 0.479 e. The molecule has 0 heterocycles.